The van der Waals surface area contributed by atoms with Crippen molar-refractivity contribution in [3.05, 3.63) is 77.4 Å². The number of hydrogen-bond donors (Lipinski definition) is 2. The Morgan fingerprint density at radius 3 is 2.22 bits per heavy atom. The Morgan fingerprint density at radius 1 is 0.865 bits per heavy atom. The molecule has 0 aliphatic rings. The van der Waals surface area contributed by atoms with Crippen LogP contribution >= 0.6 is 0 Å². The van der Waals surface area contributed by atoms with Gasteiger partial charge in [0.15, 0.2) is 6.10 Å². The molecule has 0 heterocycles. The molecule has 1 amide bonds. The van der Waals surface area contributed by atoms with Crippen molar-refractivity contribution in [1.29, 1.82) is 0 Å². The molecule has 196 valence electrons. The Hall–Kier alpha value is -4.04. The van der Waals surface area contributed by atoms with Crippen molar-refractivity contribution in [2.45, 2.75) is 32.9 Å². The summed E-state index contributed by atoms with van der Waals surface area (Å²) in [5.41, 5.74) is 3.80. The number of hydrogen-bond acceptors (Lipinski definition) is 6. The zero-order valence-corrected chi connectivity index (χ0v) is 21.6. The van der Waals surface area contributed by atoms with E-state index in [-0.39, 0.29) is 18.9 Å². The summed E-state index contributed by atoms with van der Waals surface area (Å²) in [6.45, 7) is 4.52. The number of ether oxygens (including phenoxy) is 4. The van der Waals surface area contributed by atoms with E-state index in [9.17, 15) is 14.7 Å². The van der Waals surface area contributed by atoms with Crippen LogP contribution in [0.25, 0.3) is 11.1 Å². The summed E-state index contributed by atoms with van der Waals surface area (Å²) in [5, 5.41) is 12.3. The monoisotopic (exact) mass is 507 g/mol. The lowest BCUT2D eigenvalue weighted by molar-refractivity contribution is -0.149. The highest BCUT2D eigenvalue weighted by Crippen LogP contribution is 2.29. The lowest BCUT2D eigenvalue weighted by Crippen LogP contribution is -2.26. The van der Waals surface area contributed by atoms with Crippen molar-refractivity contribution in [3.63, 3.8) is 0 Å². The van der Waals surface area contributed by atoms with Crippen LogP contribution in [0.4, 0.5) is 0 Å². The molecule has 1 atom stereocenters. The van der Waals surface area contributed by atoms with Gasteiger partial charge in [-0.05, 0) is 60.9 Å². The normalized spacial score (nSPS) is 11.5. The zero-order valence-electron chi connectivity index (χ0n) is 21.6. The lowest BCUT2D eigenvalue weighted by Gasteiger charge is -2.16. The first-order valence-corrected chi connectivity index (χ1v) is 12.1. The fraction of sp³-hybridized carbons (Fsp3) is 0.310. The second-order valence-corrected chi connectivity index (χ2v) is 8.19. The molecule has 0 spiro atoms. The number of nitrogens with one attached hydrogen (secondary N) is 1. The predicted octanol–water partition coefficient (Wildman–Crippen LogP) is 4.73. The Kier molecular flexibility index (Phi) is 9.92. The Bertz CT molecular complexity index is 1210. The molecular formula is C29H33NO7. The summed E-state index contributed by atoms with van der Waals surface area (Å²) in [5.74, 6) is 0.520. The van der Waals surface area contributed by atoms with E-state index in [2.05, 4.69) is 5.32 Å². The number of amides is 1. The van der Waals surface area contributed by atoms with Gasteiger partial charge in [-0.15, -0.1) is 0 Å². The van der Waals surface area contributed by atoms with E-state index in [0.29, 0.717) is 30.3 Å². The van der Waals surface area contributed by atoms with Crippen molar-refractivity contribution in [3.8, 4) is 28.4 Å². The molecule has 37 heavy (non-hydrogen) atoms. The van der Waals surface area contributed by atoms with Crippen LogP contribution in [0.2, 0.25) is 0 Å². The maximum absolute atomic E-state index is 13.1. The van der Waals surface area contributed by atoms with E-state index in [0.717, 1.165) is 28.0 Å². The van der Waals surface area contributed by atoms with Crippen LogP contribution in [-0.4, -0.2) is 50.5 Å². The number of methoxy groups -OCH3 is 2. The molecule has 3 aromatic rings. The number of rotatable bonds is 13. The minimum absolute atomic E-state index is 0.189. The van der Waals surface area contributed by atoms with E-state index in [1.165, 1.54) is 0 Å². The maximum Gasteiger partial charge on any atom is 0.333 e. The van der Waals surface area contributed by atoms with Crippen LogP contribution in [0, 0.1) is 0 Å². The van der Waals surface area contributed by atoms with Gasteiger partial charge < -0.3 is 29.4 Å². The van der Waals surface area contributed by atoms with Gasteiger partial charge in [-0.2, -0.15) is 0 Å². The van der Waals surface area contributed by atoms with Crippen LogP contribution in [-0.2, 0) is 22.5 Å². The summed E-state index contributed by atoms with van der Waals surface area (Å²) in [6, 6.07) is 18.5. The van der Waals surface area contributed by atoms with Crippen LogP contribution in [0.1, 0.15) is 35.3 Å². The first kappa shape index (κ1) is 27.5. The van der Waals surface area contributed by atoms with Gasteiger partial charge in [-0.1, -0.05) is 30.3 Å². The van der Waals surface area contributed by atoms with Crippen molar-refractivity contribution in [1.82, 2.24) is 5.32 Å². The molecule has 3 aromatic carbocycles. The molecule has 0 fully saturated rings. The number of carboxylic acids is 1. The van der Waals surface area contributed by atoms with Gasteiger partial charge in [-0.25, -0.2) is 4.79 Å². The molecule has 0 aliphatic carbocycles. The van der Waals surface area contributed by atoms with Crippen molar-refractivity contribution in [2.75, 3.05) is 27.4 Å². The number of benzene rings is 3. The molecule has 8 heteroatoms. The highest BCUT2D eigenvalue weighted by Gasteiger charge is 2.19. The first-order chi connectivity index (χ1) is 17.9. The number of carbonyl (C=O) groups is 2. The van der Waals surface area contributed by atoms with Gasteiger partial charge in [-0.3, -0.25) is 4.79 Å². The van der Waals surface area contributed by atoms with Gasteiger partial charge in [0.25, 0.3) is 5.91 Å². The molecule has 0 aliphatic heterocycles. The molecule has 0 aromatic heterocycles. The fourth-order valence-corrected chi connectivity index (χ4v) is 3.95. The third kappa shape index (κ3) is 7.24. The van der Waals surface area contributed by atoms with E-state index >= 15 is 0 Å². The van der Waals surface area contributed by atoms with Gasteiger partial charge in [0.05, 0.1) is 26.4 Å². The molecule has 2 N–H and O–H groups in total. The van der Waals surface area contributed by atoms with Crippen molar-refractivity contribution >= 4 is 11.9 Å². The van der Waals surface area contributed by atoms with Crippen LogP contribution in [0.3, 0.4) is 0 Å². The largest absolute Gasteiger partial charge is 0.497 e. The molecule has 0 saturated heterocycles. The van der Waals surface area contributed by atoms with Gasteiger partial charge in [0.1, 0.15) is 17.2 Å². The molecule has 0 bridgehead atoms. The summed E-state index contributed by atoms with van der Waals surface area (Å²) in [6.07, 6.45) is -0.742. The van der Waals surface area contributed by atoms with Gasteiger partial charge >= 0.3 is 5.97 Å². The lowest BCUT2D eigenvalue weighted by atomic mass is 10.0. The fourth-order valence-electron chi connectivity index (χ4n) is 3.95. The highest BCUT2D eigenvalue weighted by atomic mass is 16.5. The van der Waals surface area contributed by atoms with Gasteiger partial charge in [0.2, 0.25) is 0 Å². The predicted molar refractivity (Wildman–Crippen MR) is 141 cm³/mol. The molecule has 0 saturated carbocycles. The molecule has 0 radical (unpaired) electrons. The van der Waals surface area contributed by atoms with Crippen LogP contribution in [0.5, 0.6) is 17.2 Å². The zero-order chi connectivity index (χ0) is 26.8. The summed E-state index contributed by atoms with van der Waals surface area (Å²) in [7, 11) is 3.17. The number of carbonyl (C=O) groups excluding carboxylic acids is 1. The molecular weight excluding hydrogens is 474 g/mol. The summed E-state index contributed by atoms with van der Waals surface area (Å²) >= 11 is 0. The average Bonchev–Trinajstić information content (AvgIpc) is 2.91. The second kappa shape index (κ2) is 13.3. The average molecular weight is 508 g/mol. The Labute approximate surface area is 217 Å². The van der Waals surface area contributed by atoms with E-state index < -0.39 is 12.1 Å². The van der Waals surface area contributed by atoms with Crippen LogP contribution in [0.15, 0.2) is 60.7 Å². The van der Waals surface area contributed by atoms with E-state index in [1.54, 1.807) is 39.3 Å². The third-order valence-electron chi connectivity index (χ3n) is 5.80. The molecule has 1 unspecified atom stereocenters. The Morgan fingerprint density at radius 2 is 1.59 bits per heavy atom. The summed E-state index contributed by atoms with van der Waals surface area (Å²) in [4.78, 5) is 24.6. The minimum Gasteiger partial charge on any atom is -0.497 e. The minimum atomic E-state index is -1.02. The molecule has 3 rings (SSSR count). The third-order valence-corrected chi connectivity index (χ3v) is 5.80. The number of carboxylic acid groups (broad SMARTS) is 1. The highest BCUT2D eigenvalue weighted by molar-refractivity contribution is 5.97. The maximum atomic E-state index is 13.1. The summed E-state index contributed by atoms with van der Waals surface area (Å²) < 4.78 is 21.8. The topological polar surface area (TPSA) is 103 Å². The standard InChI is InChI=1S/C29H33NO7/c1-5-36-26-17-21(20-8-11-23(34-3)12-9-20)10-13-24(26)28(31)30-18-22-15-19(7-14-25(22)35-4)16-27(29(32)33)37-6-2/h7-15,17,27H,5-6,16,18H2,1-4H3,(H,30,31)(H,32,33). The Balaban J connectivity index is 1.79. The van der Waals surface area contributed by atoms with E-state index in [1.807, 2.05) is 49.4 Å². The van der Waals surface area contributed by atoms with Crippen molar-refractivity contribution < 1.29 is 33.6 Å². The molecule has 8 nitrogen and oxygen atoms in total. The van der Waals surface area contributed by atoms with Crippen LogP contribution < -0.4 is 19.5 Å². The SMILES string of the molecule is CCOc1cc(-c2ccc(OC)cc2)ccc1C(=O)NCc1cc(CC(OCC)C(=O)O)ccc1OC. The quantitative estimate of drug-likeness (QED) is 0.345. The van der Waals surface area contributed by atoms with Gasteiger partial charge in [0, 0.05) is 25.1 Å². The van der Waals surface area contributed by atoms with E-state index in [4.69, 9.17) is 18.9 Å². The number of aliphatic carboxylic acids is 1. The second-order valence-electron chi connectivity index (χ2n) is 8.19. The first-order valence-electron chi connectivity index (χ1n) is 12.1. The van der Waals surface area contributed by atoms with Crippen molar-refractivity contribution in [2.24, 2.45) is 0 Å². The smallest absolute Gasteiger partial charge is 0.333 e.